The number of para-hydroxylation sites is 1. The molecule has 0 radical (unpaired) electrons. The number of ether oxygens (including phenoxy) is 1. The van der Waals surface area contributed by atoms with Crippen molar-refractivity contribution in [1.29, 1.82) is 0 Å². The first-order chi connectivity index (χ1) is 12.1. The first-order valence-corrected chi connectivity index (χ1v) is 8.72. The second-order valence-corrected chi connectivity index (χ2v) is 6.63. The molecule has 0 fully saturated rings. The van der Waals surface area contributed by atoms with Crippen LogP contribution in [0.25, 0.3) is 10.2 Å². The summed E-state index contributed by atoms with van der Waals surface area (Å²) in [6.45, 7) is -0.328. The number of ketones is 1. The Labute approximate surface area is 148 Å². The van der Waals surface area contributed by atoms with Crippen LogP contribution in [0.1, 0.15) is 28.2 Å². The van der Waals surface area contributed by atoms with E-state index in [0.717, 1.165) is 15.2 Å². The molecule has 0 spiro atoms. The molecule has 4 nitrogen and oxygen atoms in total. The van der Waals surface area contributed by atoms with Crippen molar-refractivity contribution in [2.45, 2.75) is 19.3 Å². The second kappa shape index (κ2) is 7.98. The number of thiazole rings is 1. The van der Waals surface area contributed by atoms with Crippen LogP contribution in [0.5, 0.6) is 0 Å². The van der Waals surface area contributed by atoms with Gasteiger partial charge in [0.05, 0.1) is 15.2 Å². The molecule has 128 valence electrons. The number of Topliss-reactive ketones (excluding diaryl/α,β-unsaturated/α-hetero) is 1. The van der Waals surface area contributed by atoms with E-state index < -0.39 is 11.8 Å². The summed E-state index contributed by atoms with van der Waals surface area (Å²) in [6.07, 6.45) is 1.54. The molecule has 3 aromatic rings. The summed E-state index contributed by atoms with van der Waals surface area (Å²) >= 11 is 1.62. The van der Waals surface area contributed by atoms with E-state index in [1.807, 2.05) is 24.3 Å². The van der Waals surface area contributed by atoms with Crippen LogP contribution in [0.2, 0.25) is 0 Å². The first-order valence-electron chi connectivity index (χ1n) is 7.90. The lowest BCUT2D eigenvalue weighted by Gasteiger charge is -2.04. The highest BCUT2D eigenvalue weighted by molar-refractivity contribution is 7.18. The number of benzene rings is 2. The van der Waals surface area contributed by atoms with Crippen LogP contribution in [0.15, 0.2) is 48.5 Å². The van der Waals surface area contributed by atoms with Crippen molar-refractivity contribution in [2.75, 3.05) is 6.61 Å². The molecule has 0 bridgehead atoms. The molecular weight excluding hydrogens is 341 g/mol. The Balaban J connectivity index is 1.42. The molecule has 25 heavy (non-hydrogen) atoms. The third-order valence-electron chi connectivity index (χ3n) is 3.64. The molecule has 0 saturated heterocycles. The number of rotatable bonds is 7. The van der Waals surface area contributed by atoms with Crippen molar-refractivity contribution >= 4 is 33.3 Å². The summed E-state index contributed by atoms with van der Waals surface area (Å²) in [4.78, 5) is 28.1. The highest BCUT2D eigenvalue weighted by Crippen LogP contribution is 2.22. The highest BCUT2D eigenvalue weighted by Gasteiger charge is 2.11. The van der Waals surface area contributed by atoms with Crippen LogP contribution in [0.4, 0.5) is 4.39 Å². The fraction of sp³-hybridized carbons (Fsp3) is 0.211. The molecule has 2 aromatic carbocycles. The van der Waals surface area contributed by atoms with Crippen LogP contribution in [-0.2, 0) is 16.0 Å². The lowest BCUT2D eigenvalue weighted by Crippen LogP contribution is -2.14. The zero-order valence-corrected chi connectivity index (χ0v) is 14.2. The van der Waals surface area contributed by atoms with Gasteiger partial charge in [-0.05, 0) is 49.2 Å². The predicted octanol–water partition coefficient (Wildman–Crippen LogP) is 4.18. The van der Waals surface area contributed by atoms with Gasteiger partial charge in [0.25, 0.3) is 0 Å². The van der Waals surface area contributed by atoms with Crippen molar-refractivity contribution < 1.29 is 18.7 Å². The summed E-state index contributed by atoms with van der Waals surface area (Å²) in [7, 11) is 0. The van der Waals surface area contributed by atoms with E-state index >= 15 is 0 Å². The molecule has 1 heterocycles. The lowest BCUT2D eigenvalue weighted by molar-refractivity contribution is -0.142. The Hall–Kier alpha value is -2.60. The van der Waals surface area contributed by atoms with Gasteiger partial charge in [-0.25, -0.2) is 9.37 Å². The summed E-state index contributed by atoms with van der Waals surface area (Å²) in [5.41, 5.74) is 1.29. The van der Waals surface area contributed by atoms with Crippen LogP contribution >= 0.6 is 11.3 Å². The third-order valence-corrected chi connectivity index (χ3v) is 4.74. The maximum atomic E-state index is 12.8. The number of carbonyl (C=O) groups excluding carboxylic acids is 2. The number of fused-ring (bicyclic) bond motifs is 1. The van der Waals surface area contributed by atoms with E-state index in [4.69, 9.17) is 4.74 Å². The first kappa shape index (κ1) is 17.2. The maximum absolute atomic E-state index is 12.8. The van der Waals surface area contributed by atoms with Gasteiger partial charge in [0.15, 0.2) is 12.4 Å². The Morgan fingerprint density at radius 1 is 1.08 bits per heavy atom. The second-order valence-electron chi connectivity index (χ2n) is 5.52. The molecule has 0 atom stereocenters. The van der Waals surface area contributed by atoms with Gasteiger partial charge >= 0.3 is 5.97 Å². The molecule has 0 N–H and O–H groups in total. The molecular formula is C19H16FNO3S. The van der Waals surface area contributed by atoms with Gasteiger partial charge in [-0.2, -0.15) is 0 Å². The highest BCUT2D eigenvalue weighted by atomic mass is 32.1. The van der Waals surface area contributed by atoms with Crippen molar-refractivity contribution in [3.05, 3.63) is 64.9 Å². The largest absolute Gasteiger partial charge is 0.457 e. The number of hydrogen-bond donors (Lipinski definition) is 0. The van der Waals surface area contributed by atoms with E-state index in [1.54, 1.807) is 11.3 Å². The zero-order valence-electron chi connectivity index (χ0n) is 13.4. The van der Waals surface area contributed by atoms with E-state index in [0.29, 0.717) is 18.4 Å². The molecule has 0 aliphatic carbocycles. The molecule has 0 amide bonds. The Kier molecular flexibility index (Phi) is 5.50. The van der Waals surface area contributed by atoms with Crippen molar-refractivity contribution in [3.8, 4) is 0 Å². The molecule has 3 rings (SSSR count). The standard InChI is InChI=1S/C19H16FNO3S/c20-14-10-8-13(9-11-14)16(22)12-24-19(23)7-3-6-18-21-15-4-1-2-5-17(15)25-18/h1-2,4-5,8-11H,3,6-7,12H2. The summed E-state index contributed by atoms with van der Waals surface area (Å²) in [6, 6.07) is 13.1. The smallest absolute Gasteiger partial charge is 0.306 e. The molecule has 0 aliphatic rings. The molecule has 0 aliphatic heterocycles. The van der Waals surface area contributed by atoms with Gasteiger partial charge in [0.2, 0.25) is 0 Å². The minimum atomic E-state index is -0.420. The van der Waals surface area contributed by atoms with Crippen LogP contribution in [-0.4, -0.2) is 23.3 Å². The van der Waals surface area contributed by atoms with Crippen LogP contribution < -0.4 is 0 Å². The number of esters is 1. The molecule has 0 saturated carbocycles. The van der Waals surface area contributed by atoms with Gasteiger partial charge in [-0.15, -0.1) is 11.3 Å². The number of aromatic nitrogens is 1. The van der Waals surface area contributed by atoms with E-state index in [1.165, 1.54) is 24.3 Å². The van der Waals surface area contributed by atoms with Gasteiger partial charge in [-0.1, -0.05) is 12.1 Å². The molecule has 6 heteroatoms. The average Bonchev–Trinajstić information content (AvgIpc) is 3.03. The van der Waals surface area contributed by atoms with Crippen LogP contribution in [0.3, 0.4) is 0 Å². The average molecular weight is 357 g/mol. The summed E-state index contributed by atoms with van der Waals surface area (Å²) < 4.78 is 18.9. The molecule has 1 aromatic heterocycles. The number of aryl methyl sites for hydroxylation is 1. The van der Waals surface area contributed by atoms with Crippen molar-refractivity contribution in [1.82, 2.24) is 4.98 Å². The van der Waals surface area contributed by atoms with Gasteiger partial charge in [0, 0.05) is 12.0 Å². The monoisotopic (exact) mass is 357 g/mol. The van der Waals surface area contributed by atoms with E-state index in [9.17, 15) is 14.0 Å². The lowest BCUT2D eigenvalue weighted by atomic mass is 10.1. The fourth-order valence-electron chi connectivity index (χ4n) is 2.35. The minimum absolute atomic E-state index is 0.229. The van der Waals surface area contributed by atoms with Crippen molar-refractivity contribution in [2.24, 2.45) is 0 Å². The van der Waals surface area contributed by atoms with E-state index in [-0.39, 0.29) is 18.8 Å². The quantitative estimate of drug-likeness (QED) is 0.470. The number of nitrogens with zero attached hydrogens (tertiary/aromatic N) is 1. The predicted molar refractivity (Wildman–Crippen MR) is 94.2 cm³/mol. The topological polar surface area (TPSA) is 56.3 Å². The van der Waals surface area contributed by atoms with Gasteiger partial charge in [0.1, 0.15) is 5.82 Å². The zero-order chi connectivity index (χ0) is 17.6. The van der Waals surface area contributed by atoms with Crippen LogP contribution in [0, 0.1) is 5.82 Å². The molecule has 0 unspecified atom stereocenters. The minimum Gasteiger partial charge on any atom is -0.457 e. The Morgan fingerprint density at radius 3 is 2.60 bits per heavy atom. The normalized spacial score (nSPS) is 10.8. The number of halogens is 1. The Bertz CT molecular complexity index is 856. The van der Waals surface area contributed by atoms with Gasteiger partial charge < -0.3 is 4.74 Å². The fourth-order valence-corrected chi connectivity index (χ4v) is 3.36. The Morgan fingerprint density at radius 2 is 1.84 bits per heavy atom. The summed E-state index contributed by atoms with van der Waals surface area (Å²) in [5.74, 6) is -1.18. The SMILES string of the molecule is O=C(CCCc1nc2ccccc2s1)OCC(=O)c1ccc(F)cc1. The summed E-state index contributed by atoms with van der Waals surface area (Å²) in [5, 5.41) is 0.983. The number of carbonyl (C=O) groups is 2. The third kappa shape index (κ3) is 4.70. The number of hydrogen-bond acceptors (Lipinski definition) is 5. The maximum Gasteiger partial charge on any atom is 0.306 e. The van der Waals surface area contributed by atoms with Gasteiger partial charge in [-0.3, -0.25) is 9.59 Å². The van der Waals surface area contributed by atoms with Crippen molar-refractivity contribution in [3.63, 3.8) is 0 Å². The van der Waals surface area contributed by atoms with E-state index in [2.05, 4.69) is 4.98 Å².